The summed E-state index contributed by atoms with van der Waals surface area (Å²) in [6, 6.07) is -0.00250. The minimum atomic E-state index is -0.173. The Morgan fingerprint density at radius 2 is 2.06 bits per heavy atom. The van der Waals surface area contributed by atoms with E-state index in [4.69, 9.17) is 10.5 Å². The molecular formula is C13H24N4O. The number of aryl methyl sites for hydroxylation is 1. The van der Waals surface area contributed by atoms with Gasteiger partial charge in [-0.25, -0.2) is 0 Å². The van der Waals surface area contributed by atoms with Crippen LogP contribution in [0.5, 0.6) is 0 Å². The molecule has 1 heterocycles. The predicted octanol–water partition coefficient (Wildman–Crippen LogP) is 1.42. The second kappa shape index (κ2) is 5.80. The quantitative estimate of drug-likeness (QED) is 0.823. The Morgan fingerprint density at radius 1 is 1.39 bits per heavy atom. The van der Waals surface area contributed by atoms with Crippen molar-refractivity contribution >= 4 is 0 Å². The van der Waals surface area contributed by atoms with Gasteiger partial charge in [-0.1, -0.05) is 30.9 Å². The molecule has 1 saturated carbocycles. The van der Waals surface area contributed by atoms with Gasteiger partial charge in [0.2, 0.25) is 0 Å². The minimum absolute atomic E-state index is 0.00250. The number of ether oxygens (including phenoxy) is 1. The van der Waals surface area contributed by atoms with Gasteiger partial charge in [0, 0.05) is 32.8 Å². The highest BCUT2D eigenvalue weighted by atomic mass is 16.5. The number of hydrogen-bond donors (Lipinski definition) is 1. The van der Waals surface area contributed by atoms with Crippen LogP contribution >= 0.6 is 0 Å². The van der Waals surface area contributed by atoms with Crippen LogP contribution < -0.4 is 5.73 Å². The van der Waals surface area contributed by atoms with E-state index < -0.39 is 0 Å². The third-order valence-electron chi connectivity index (χ3n) is 4.11. The fraction of sp³-hybridized carbons (Fsp3) is 0.846. The van der Waals surface area contributed by atoms with Crippen LogP contribution in [0.15, 0.2) is 6.20 Å². The second-order valence-electron chi connectivity index (χ2n) is 5.38. The number of hydrogen-bond acceptors (Lipinski definition) is 4. The normalized spacial score (nSPS) is 21.5. The first-order valence-corrected chi connectivity index (χ1v) is 6.82. The molecule has 0 spiro atoms. The lowest BCUT2D eigenvalue weighted by atomic mass is 9.84. The molecular weight excluding hydrogens is 228 g/mol. The van der Waals surface area contributed by atoms with E-state index in [1.54, 1.807) is 11.8 Å². The van der Waals surface area contributed by atoms with Gasteiger partial charge in [-0.3, -0.25) is 4.68 Å². The number of nitrogens with zero attached hydrogens (tertiary/aromatic N) is 3. The van der Waals surface area contributed by atoms with Gasteiger partial charge >= 0.3 is 0 Å². The fourth-order valence-electron chi connectivity index (χ4n) is 2.95. The summed E-state index contributed by atoms with van der Waals surface area (Å²) in [5, 5.41) is 8.07. The van der Waals surface area contributed by atoms with E-state index in [2.05, 4.69) is 10.3 Å². The molecule has 1 unspecified atom stereocenters. The maximum atomic E-state index is 6.40. The van der Waals surface area contributed by atoms with Crippen LogP contribution in [-0.2, 0) is 18.2 Å². The van der Waals surface area contributed by atoms with Crippen LogP contribution in [-0.4, -0.2) is 33.7 Å². The van der Waals surface area contributed by atoms with E-state index in [1.807, 2.05) is 13.2 Å². The van der Waals surface area contributed by atoms with E-state index >= 15 is 0 Å². The Kier molecular flexibility index (Phi) is 4.35. The molecule has 1 aromatic heterocycles. The standard InChI is InChI=1S/C13H24N4O/c1-17-10-11(15-16-17)9-12(14)13(18-2)7-5-3-4-6-8-13/h10,12H,3-9,14H2,1-2H3. The van der Waals surface area contributed by atoms with E-state index in [1.165, 1.54) is 25.7 Å². The maximum absolute atomic E-state index is 6.40. The van der Waals surface area contributed by atoms with Crippen molar-refractivity contribution in [3.05, 3.63) is 11.9 Å². The van der Waals surface area contributed by atoms with Gasteiger partial charge in [0.05, 0.1) is 11.3 Å². The molecule has 1 fully saturated rings. The lowest BCUT2D eigenvalue weighted by Gasteiger charge is -2.36. The van der Waals surface area contributed by atoms with Gasteiger partial charge in [-0.15, -0.1) is 5.10 Å². The summed E-state index contributed by atoms with van der Waals surface area (Å²) in [6.45, 7) is 0. The first-order chi connectivity index (χ1) is 8.66. The van der Waals surface area contributed by atoms with Crippen molar-refractivity contribution < 1.29 is 4.74 Å². The Bertz CT molecular complexity index is 369. The monoisotopic (exact) mass is 252 g/mol. The molecule has 0 radical (unpaired) electrons. The third kappa shape index (κ3) is 2.90. The van der Waals surface area contributed by atoms with Gasteiger partial charge in [-0.2, -0.15) is 0 Å². The Morgan fingerprint density at radius 3 is 2.56 bits per heavy atom. The summed E-state index contributed by atoms with van der Waals surface area (Å²) in [4.78, 5) is 0. The summed E-state index contributed by atoms with van der Waals surface area (Å²) >= 11 is 0. The zero-order chi connectivity index (χ0) is 13.0. The molecule has 18 heavy (non-hydrogen) atoms. The Hall–Kier alpha value is -0.940. The third-order valence-corrected chi connectivity index (χ3v) is 4.11. The molecule has 1 atom stereocenters. The van der Waals surface area contributed by atoms with Gasteiger partial charge in [-0.05, 0) is 12.8 Å². The SMILES string of the molecule is COC1(C(N)Cc2cn(C)nn2)CCCCCC1. The molecule has 0 saturated heterocycles. The summed E-state index contributed by atoms with van der Waals surface area (Å²) in [5.41, 5.74) is 7.18. The van der Waals surface area contributed by atoms with Crippen molar-refractivity contribution in [3.8, 4) is 0 Å². The molecule has 1 aromatic rings. The fourth-order valence-corrected chi connectivity index (χ4v) is 2.95. The van der Waals surface area contributed by atoms with Crippen molar-refractivity contribution in [1.29, 1.82) is 0 Å². The van der Waals surface area contributed by atoms with Crippen molar-refractivity contribution in [2.24, 2.45) is 12.8 Å². The molecule has 5 heteroatoms. The highest BCUT2D eigenvalue weighted by Crippen LogP contribution is 2.33. The van der Waals surface area contributed by atoms with Gasteiger partial charge in [0.15, 0.2) is 0 Å². The minimum Gasteiger partial charge on any atom is -0.377 e. The van der Waals surface area contributed by atoms with Gasteiger partial charge < -0.3 is 10.5 Å². The molecule has 2 rings (SSSR count). The van der Waals surface area contributed by atoms with Crippen molar-refractivity contribution in [3.63, 3.8) is 0 Å². The molecule has 102 valence electrons. The second-order valence-corrected chi connectivity index (χ2v) is 5.38. The summed E-state index contributed by atoms with van der Waals surface area (Å²) in [7, 11) is 3.67. The first kappa shape index (κ1) is 13.5. The number of nitrogens with two attached hydrogens (primary N) is 1. The summed E-state index contributed by atoms with van der Waals surface area (Å²) in [6.07, 6.45) is 9.80. The van der Waals surface area contributed by atoms with Crippen LogP contribution in [0.4, 0.5) is 0 Å². The highest BCUT2D eigenvalue weighted by molar-refractivity contribution is 5.02. The number of aromatic nitrogens is 3. The Balaban J connectivity index is 2.06. The molecule has 0 aliphatic heterocycles. The van der Waals surface area contributed by atoms with Crippen LogP contribution in [0.2, 0.25) is 0 Å². The van der Waals surface area contributed by atoms with E-state index in [0.717, 1.165) is 25.0 Å². The zero-order valence-corrected chi connectivity index (χ0v) is 11.4. The molecule has 5 nitrogen and oxygen atoms in total. The average Bonchev–Trinajstić information content (AvgIpc) is 2.65. The summed E-state index contributed by atoms with van der Waals surface area (Å²) in [5.74, 6) is 0. The van der Waals surface area contributed by atoms with E-state index in [0.29, 0.717) is 0 Å². The largest absolute Gasteiger partial charge is 0.377 e. The van der Waals surface area contributed by atoms with Crippen LogP contribution in [0.3, 0.4) is 0 Å². The average molecular weight is 252 g/mol. The van der Waals surface area contributed by atoms with Gasteiger partial charge in [0.25, 0.3) is 0 Å². The molecule has 2 N–H and O–H groups in total. The van der Waals surface area contributed by atoms with Gasteiger partial charge in [0.1, 0.15) is 0 Å². The number of rotatable bonds is 4. The highest BCUT2D eigenvalue weighted by Gasteiger charge is 2.37. The zero-order valence-electron chi connectivity index (χ0n) is 11.4. The molecule has 1 aliphatic carbocycles. The predicted molar refractivity (Wildman–Crippen MR) is 70.1 cm³/mol. The molecule has 1 aliphatic rings. The topological polar surface area (TPSA) is 66.0 Å². The Labute approximate surface area is 109 Å². The lowest BCUT2D eigenvalue weighted by molar-refractivity contribution is -0.0432. The summed E-state index contributed by atoms with van der Waals surface area (Å²) < 4.78 is 7.54. The van der Waals surface area contributed by atoms with Crippen LogP contribution in [0.25, 0.3) is 0 Å². The van der Waals surface area contributed by atoms with E-state index in [9.17, 15) is 0 Å². The molecule has 0 amide bonds. The van der Waals surface area contributed by atoms with Crippen LogP contribution in [0.1, 0.15) is 44.2 Å². The van der Waals surface area contributed by atoms with Crippen molar-refractivity contribution in [1.82, 2.24) is 15.0 Å². The lowest BCUT2D eigenvalue weighted by Crippen LogP contribution is -2.50. The molecule has 0 bridgehead atoms. The van der Waals surface area contributed by atoms with Crippen molar-refractivity contribution in [2.45, 2.75) is 56.6 Å². The smallest absolute Gasteiger partial charge is 0.0843 e. The number of methoxy groups -OCH3 is 1. The van der Waals surface area contributed by atoms with Crippen molar-refractivity contribution in [2.75, 3.05) is 7.11 Å². The van der Waals surface area contributed by atoms with E-state index in [-0.39, 0.29) is 11.6 Å². The van der Waals surface area contributed by atoms with Crippen LogP contribution in [0, 0.1) is 0 Å². The molecule has 0 aromatic carbocycles. The maximum Gasteiger partial charge on any atom is 0.0843 e. The first-order valence-electron chi connectivity index (χ1n) is 6.82.